The van der Waals surface area contributed by atoms with Crippen LogP contribution in [0.3, 0.4) is 0 Å². The Morgan fingerprint density at radius 3 is 2.62 bits per heavy atom. The minimum Gasteiger partial charge on any atom is -0.399 e. The van der Waals surface area contributed by atoms with Crippen molar-refractivity contribution in [2.45, 2.75) is 26.8 Å². The van der Waals surface area contributed by atoms with Crippen molar-refractivity contribution in [3.05, 3.63) is 28.8 Å². The number of nitrogens with two attached hydrogens (primary N) is 1. The summed E-state index contributed by atoms with van der Waals surface area (Å²) in [6.45, 7) is 6.48. The number of rotatable bonds is 5. The van der Waals surface area contributed by atoms with Crippen LogP contribution in [0.25, 0.3) is 0 Å². The molecular formula is C13H21ClN2. The lowest BCUT2D eigenvalue weighted by atomic mass is 10.1. The summed E-state index contributed by atoms with van der Waals surface area (Å²) in [7, 11) is 2.13. The number of nitrogens with zero attached hydrogens (tertiary/aromatic N) is 1. The summed E-state index contributed by atoms with van der Waals surface area (Å²) in [6.07, 6.45) is 1.21. The van der Waals surface area contributed by atoms with Crippen LogP contribution < -0.4 is 5.73 Å². The van der Waals surface area contributed by atoms with E-state index in [1.807, 2.05) is 12.1 Å². The zero-order valence-electron chi connectivity index (χ0n) is 10.3. The molecule has 0 heterocycles. The molecule has 0 amide bonds. The van der Waals surface area contributed by atoms with Crippen LogP contribution in [0, 0.1) is 5.92 Å². The van der Waals surface area contributed by atoms with Gasteiger partial charge in [0.25, 0.3) is 0 Å². The van der Waals surface area contributed by atoms with E-state index in [-0.39, 0.29) is 0 Å². The molecule has 3 heteroatoms. The smallest absolute Gasteiger partial charge is 0.0429 e. The Morgan fingerprint density at radius 1 is 1.38 bits per heavy atom. The molecule has 0 bridgehead atoms. The Bertz CT molecular complexity index is 318. The minimum atomic E-state index is 0.715. The van der Waals surface area contributed by atoms with Crippen LogP contribution in [0.5, 0.6) is 0 Å². The molecule has 1 atom stereocenters. The quantitative estimate of drug-likeness (QED) is 0.800. The van der Waals surface area contributed by atoms with Gasteiger partial charge in [-0.1, -0.05) is 31.9 Å². The summed E-state index contributed by atoms with van der Waals surface area (Å²) in [5.41, 5.74) is 7.67. The third-order valence-corrected chi connectivity index (χ3v) is 2.97. The zero-order valence-corrected chi connectivity index (χ0v) is 11.1. The predicted octanol–water partition coefficient (Wildman–Crippen LogP) is 3.40. The van der Waals surface area contributed by atoms with Crippen LogP contribution in [-0.4, -0.2) is 18.5 Å². The molecule has 0 aliphatic carbocycles. The highest BCUT2D eigenvalue weighted by atomic mass is 35.5. The van der Waals surface area contributed by atoms with Crippen molar-refractivity contribution >= 4 is 17.3 Å². The van der Waals surface area contributed by atoms with E-state index >= 15 is 0 Å². The van der Waals surface area contributed by atoms with Crippen LogP contribution in [-0.2, 0) is 6.54 Å². The Balaban J connectivity index is 2.58. The van der Waals surface area contributed by atoms with Gasteiger partial charge in [-0.05, 0) is 36.7 Å². The van der Waals surface area contributed by atoms with Gasteiger partial charge in [0.1, 0.15) is 0 Å². The van der Waals surface area contributed by atoms with E-state index in [2.05, 4.69) is 25.8 Å². The second-order valence-electron chi connectivity index (χ2n) is 4.60. The first kappa shape index (κ1) is 13.3. The molecule has 1 aromatic rings. The molecule has 0 fully saturated rings. The summed E-state index contributed by atoms with van der Waals surface area (Å²) in [5.74, 6) is 0.724. The van der Waals surface area contributed by atoms with Crippen LogP contribution in [0.4, 0.5) is 5.69 Å². The summed E-state index contributed by atoms with van der Waals surface area (Å²) >= 11 is 5.97. The average Bonchev–Trinajstić information content (AvgIpc) is 2.15. The maximum Gasteiger partial charge on any atom is 0.0429 e. The van der Waals surface area contributed by atoms with Gasteiger partial charge in [-0.3, -0.25) is 0 Å². The second kappa shape index (κ2) is 6.12. The van der Waals surface area contributed by atoms with Gasteiger partial charge in [0.15, 0.2) is 0 Å². The Morgan fingerprint density at radius 2 is 2.06 bits per heavy atom. The standard InChI is InChI=1S/C13H21ClN2/c1-4-10(2)8-16(3)9-11-5-12(14)7-13(15)6-11/h5-7,10H,4,8-9,15H2,1-3H3. The van der Waals surface area contributed by atoms with Crippen molar-refractivity contribution in [1.29, 1.82) is 0 Å². The number of hydrogen-bond acceptors (Lipinski definition) is 2. The Labute approximate surface area is 103 Å². The van der Waals surface area contributed by atoms with Crippen LogP contribution >= 0.6 is 11.6 Å². The van der Waals surface area contributed by atoms with Gasteiger partial charge >= 0.3 is 0 Å². The molecule has 0 aliphatic rings. The van der Waals surface area contributed by atoms with E-state index in [0.29, 0.717) is 5.02 Å². The van der Waals surface area contributed by atoms with Crippen LogP contribution in [0.2, 0.25) is 5.02 Å². The molecule has 0 saturated heterocycles. The number of hydrogen-bond donors (Lipinski definition) is 1. The van der Waals surface area contributed by atoms with Crippen LogP contribution in [0.1, 0.15) is 25.8 Å². The average molecular weight is 241 g/mol. The molecule has 16 heavy (non-hydrogen) atoms. The Hall–Kier alpha value is -0.730. The lowest BCUT2D eigenvalue weighted by molar-refractivity contribution is 0.275. The van der Waals surface area contributed by atoms with E-state index in [0.717, 1.165) is 24.7 Å². The van der Waals surface area contributed by atoms with E-state index in [1.54, 1.807) is 6.07 Å². The maximum atomic E-state index is 5.97. The Kier molecular flexibility index (Phi) is 5.10. The van der Waals surface area contributed by atoms with Crippen molar-refractivity contribution in [1.82, 2.24) is 4.90 Å². The molecule has 0 saturated carbocycles. The van der Waals surface area contributed by atoms with E-state index in [1.165, 1.54) is 12.0 Å². The normalized spacial score (nSPS) is 13.1. The highest BCUT2D eigenvalue weighted by Crippen LogP contribution is 2.18. The fourth-order valence-electron chi connectivity index (χ4n) is 1.80. The molecule has 1 rings (SSSR count). The molecule has 1 unspecified atom stereocenters. The monoisotopic (exact) mass is 240 g/mol. The molecule has 2 N–H and O–H groups in total. The van der Waals surface area contributed by atoms with Gasteiger partial charge in [-0.2, -0.15) is 0 Å². The molecule has 0 aliphatic heterocycles. The van der Waals surface area contributed by atoms with E-state index in [9.17, 15) is 0 Å². The molecule has 0 radical (unpaired) electrons. The fraction of sp³-hybridized carbons (Fsp3) is 0.538. The first-order chi connectivity index (χ1) is 7.51. The lowest BCUT2D eigenvalue weighted by Gasteiger charge is -2.20. The number of halogens is 1. The number of nitrogen functional groups attached to an aromatic ring is 1. The molecule has 2 nitrogen and oxygen atoms in total. The lowest BCUT2D eigenvalue weighted by Crippen LogP contribution is -2.23. The molecule has 0 aromatic heterocycles. The van der Waals surface area contributed by atoms with Crippen LogP contribution in [0.15, 0.2) is 18.2 Å². The van der Waals surface area contributed by atoms with Crippen molar-refractivity contribution in [3.63, 3.8) is 0 Å². The summed E-state index contributed by atoms with van der Waals surface area (Å²) in [4.78, 5) is 2.30. The number of benzene rings is 1. The molecule has 90 valence electrons. The zero-order chi connectivity index (χ0) is 12.1. The number of anilines is 1. The summed E-state index contributed by atoms with van der Waals surface area (Å²) in [5, 5.41) is 0.715. The largest absolute Gasteiger partial charge is 0.399 e. The molecule has 1 aromatic carbocycles. The SMILES string of the molecule is CCC(C)CN(C)Cc1cc(N)cc(Cl)c1. The fourth-order valence-corrected chi connectivity index (χ4v) is 2.07. The summed E-state index contributed by atoms with van der Waals surface area (Å²) in [6, 6.07) is 5.74. The van der Waals surface area contributed by atoms with E-state index in [4.69, 9.17) is 17.3 Å². The summed E-state index contributed by atoms with van der Waals surface area (Å²) < 4.78 is 0. The van der Waals surface area contributed by atoms with Gasteiger partial charge in [-0.25, -0.2) is 0 Å². The topological polar surface area (TPSA) is 29.3 Å². The first-order valence-electron chi connectivity index (χ1n) is 5.74. The van der Waals surface area contributed by atoms with Gasteiger partial charge < -0.3 is 10.6 Å². The van der Waals surface area contributed by atoms with Gasteiger partial charge in [0.05, 0.1) is 0 Å². The third kappa shape index (κ3) is 4.42. The van der Waals surface area contributed by atoms with Crippen molar-refractivity contribution < 1.29 is 0 Å². The second-order valence-corrected chi connectivity index (χ2v) is 5.04. The highest BCUT2D eigenvalue weighted by molar-refractivity contribution is 6.30. The van der Waals surface area contributed by atoms with Crippen molar-refractivity contribution in [3.8, 4) is 0 Å². The van der Waals surface area contributed by atoms with Crippen molar-refractivity contribution in [2.75, 3.05) is 19.3 Å². The molecule has 0 spiro atoms. The molecular weight excluding hydrogens is 220 g/mol. The maximum absolute atomic E-state index is 5.97. The predicted molar refractivity (Wildman–Crippen MR) is 71.7 cm³/mol. The first-order valence-corrected chi connectivity index (χ1v) is 6.12. The highest BCUT2D eigenvalue weighted by Gasteiger charge is 2.06. The van der Waals surface area contributed by atoms with E-state index < -0.39 is 0 Å². The third-order valence-electron chi connectivity index (χ3n) is 2.75. The van der Waals surface area contributed by atoms with Gasteiger partial charge in [0.2, 0.25) is 0 Å². The van der Waals surface area contributed by atoms with Gasteiger partial charge in [0, 0.05) is 23.8 Å². The minimum absolute atomic E-state index is 0.715. The van der Waals surface area contributed by atoms with Crippen molar-refractivity contribution in [2.24, 2.45) is 5.92 Å². The van der Waals surface area contributed by atoms with Gasteiger partial charge in [-0.15, -0.1) is 0 Å².